The topological polar surface area (TPSA) is 58.1 Å². The van der Waals surface area contributed by atoms with Gasteiger partial charge in [-0.3, -0.25) is 4.79 Å². The van der Waals surface area contributed by atoms with Crippen LogP contribution >= 0.6 is 11.6 Å². The van der Waals surface area contributed by atoms with Crippen molar-refractivity contribution in [2.45, 2.75) is 26.8 Å². The van der Waals surface area contributed by atoms with Crippen LogP contribution in [0.4, 0.5) is 0 Å². The van der Waals surface area contributed by atoms with Crippen molar-refractivity contribution in [1.29, 1.82) is 0 Å². The number of carbonyl (C=O) groups is 1. The standard InChI is InChI=1S/C12H19ClN4O/c1-4-17(5-2)8-9(3)16-12(18)10-6-15-11(13)7-14-10/h6-7,9H,4-5,8H2,1-3H3,(H,16,18). The molecule has 1 unspecified atom stereocenters. The average Bonchev–Trinajstić information content (AvgIpc) is 2.36. The molecule has 0 saturated carbocycles. The SMILES string of the molecule is CCN(CC)CC(C)NC(=O)c1cnc(Cl)cn1. The van der Waals surface area contributed by atoms with Crippen molar-refractivity contribution in [3.05, 3.63) is 23.2 Å². The lowest BCUT2D eigenvalue weighted by Gasteiger charge is -2.23. The number of nitrogens with one attached hydrogen (secondary N) is 1. The lowest BCUT2D eigenvalue weighted by molar-refractivity contribution is 0.0925. The number of hydrogen-bond donors (Lipinski definition) is 1. The minimum absolute atomic E-state index is 0.0647. The van der Waals surface area contributed by atoms with Crippen LogP contribution in [0.25, 0.3) is 0 Å². The van der Waals surface area contributed by atoms with Crippen LogP contribution in [0.2, 0.25) is 5.15 Å². The molecule has 100 valence electrons. The van der Waals surface area contributed by atoms with E-state index in [1.54, 1.807) is 0 Å². The van der Waals surface area contributed by atoms with Crippen molar-refractivity contribution in [3.8, 4) is 0 Å². The van der Waals surface area contributed by atoms with Crippen molar-refractivity contribution in [3.63, 3.8) is 0 Å². The molecule has 1 N–H and O–H groups in total. The molecule has 0 bridgehead atoms. The zero-order valence-electron chi connectivity index (χ0n) is 11.0. The second kappa shape index (κ2) is 7.28. The normalized spacial score (nSPS) is 12.5. The number of likely N-dealkylation sites (N-methyl/N-ethyl adjacent to an activating group) is 1. The van der Waals surface area contributed by atoms with Gasteiger partial charge in [-0.1, -0.05) is 25.4 Å². The predicted octanol–water partition coefficient (Wildman–Crippen LogP) is 1.59. The molecule has 1 aromatic heterocycles. The first-order valence-electron chi connectivity index (χ1n) is 6.07. The summed E-state index contributed by atoms with van der Waals surface area (Å²) in [5.74, 6) is -0.223. The van der Waals surface area contributed by atoms with E-state index in [1.807, 2.05) is 6.92 Å². The highest BCUT2D eigenvalue weighted by molar-refractivity contribution is 6.29. The number of amides is 1. The number of rotatable bonds is 6. The maximum Gasteiger partial charge on any atom is 0.271 e. The smallest absolute Gasteiger partial charge is 0.271 e. The van der Waals surface area contributed by atoms with Crippen molar-refractivity contribution < 1.29 is 4.79 Å². The first kappa shape index (κ1) is 14.9. The molecular formula is C12H19ClN4O. The molecule has 0 aromatic carbocycles. The second-order valence-corrected chi connectivity index (χ2v) is 4.47. The molecular weight excluding hydrogens is 252 g/mol. The minimum Gasteiger partial charge on any atom is -0.347 e. The molecule has 0 radical (unpaired) electrons. The third-order valence-electron chi connectivity index (χ3n) is 2.66. The van der Waals surface area contributed by atoms with Crippen molar-refractivity contribution >= 4 is 17.5 Å². The van der Waals surface area contributed by atoms with Gasteiger partial charge in [-0.25, -0.2) is 9.97 Å². The van der Waals surface area contributed by atoms with Crippen LogP contribution in [-0.4, -0.2) is 46.5 Å². The summed E-state index contributed by atoms with van der Waals surface area (Å²) < 4.78 is 0. The Morgan fingerprint density at radius 3 is 2.56 bits per heavy atom. The van der Waals surface area contributed by atoms with E-state index < -0.39 is 0 Å². The van der Waals surface area contributed by atoms with Gasteiger partial charge in [-0.05, 0) is 20.0 Å². The monoisotopic (exact) mass is 270 g/mol. The van der Waals surface area contributed by atoms with Gasteiger partial charge in [0, 0.05) is 12.6 Å². The highest BCUT2D eigenvalue weighted by Gasteiger charge is 2.13. The molecule has 0 saturated heterocycles. The predicted molar refractivity (Wildman–Crippen MR) is 71.8 cm³/mol. The Morgan fingerprint density at radius 1 is 1.39 bits per heavy atom. The summed E-state index contributed by atoms with van der Waals surface area (Å²) in [5, 5.41) is 3.17. The van der Waals surface area contributed by atoms with Gasteiger partial charge in [0.05, 0.1) is 12.4 Å². The summed E-state index contributed by atoms with van der Waals surface area (Å²) in [4.78, 5) is 21.9. The van der Waals surface area contributed by atoms with Gasteiger partial charge in [0.2, 0.25) is 0 Å². The van der Waals surface area contributed by atoms with Crippen LogP contribution in [0.5, 0.6) is 0 Å². The molecule has 18 heavy (non-hydrogen) atoms. The van der Waals surface area contributed by atoms with Gasteiger partial charge in [0.15, 0.2) is 0 Å². The molecule has 1 atom stereocenters. The fourth-order valence-corrected chi connectivity index (χ4v) is 1.74. The highest BCUT2D eigenvalue weighted by Crippen LogP contribution is 2.01. The quantitative estimate of drug-likeness (QED) is 0.853. The fraction of sp³-hybridized carbons (Fsp3) is 0.583. The molecule has 1 rings (SSSR count). The maximum atomic E-state index is 11.8. The number of nitrogens with zero attached hydrogens (tertiary/aromatic N) is 3. The summed E-state index contributed by atoms with van der Waals surface area (Å²) >= 11 is 5.62. The number of hydrogen-bond acceptors (Lipinski definition) is 4. The molecule has 0 spiro atoms. The Hall–Kier alpha value is -1.20. The Labute approximate surface area is 113 Å². The van der Waals surface area contributed by atoms with E-state index in [-0.39, 0.29) is 22.8 Å². The van der Waals surface area contributed by atoms with E-state index >= 15 is 0 Å². The van der Waals surface area contributed by atoms with E-state index in [2.05, 4.69) is 34.0 Å². The first-order valence-corrected chi connectivity index (χ1v) is 6.45. The molecule has 0 aliphatic carbocycles. The average molecular weight is 271 g/mol. The Balaban J connectivity index is 2.51. The van der Waals surface area contributed by atoms with Gasteiger partial charge in [0.1, 0.15) is 10.8 Å². The Bertz CT molecular complexity index is 378. The summed E-state index contributed by atoms with van der Waals surface area (Å²) in [5.41, 5.74) is 0.283. The van der Waals surface area contributed by atoms with Gasteiger partial charge in [-0.15, -0.1) is 0 Å². The van der Waals surface area contributed by atoms with Crippen LogP contribution < -0.4 is 5.32 Å². The van der Waals surface area contributed by atoms with Crippen LogP contribution in [0, 0.1) is 0 Å². The maximum absolute atomic E-state index is 11.8. The van der Waals surface area contributed by atoms with Gasteiger partial charge >= 0.3 is 0 Å². The van der Waals surface area contributed by atoms with E-state index in [9.17, 15) is 4.79 Å². The third-order valence-corrected chi connectivity index (χ3v) is 2.85. The van der Waals surface area contributed by atoms with Crippen molar-refractivity contribution in [1.82, 2.24) is 20.2 Å². The van der Waals surface area contributed by atoms with Gasteiger partial charge in [0.25, 0.3) is 5.91 Å². The molecule has 6 heteroatoms. The lowest BCUT2D eigenvalue weighted by atomic mass is 10.3. The molecule has 0 fully saturated rings. The number of aromatic nitrogens is 2. The second-order valence-electron chi connectivity index (χ2n) is 4.08. The third kappa shape index (κ3) is 4.58. The molecule has 1 aromatic rings. The summed E-state index contributed by atoms with van der Waals surface area (Å²) in [6.07, 6.45) is 2.74. The van der Waals surface area contributed by atoms with Crippen molar-refractivity contribution in [2.75, 3.05) is 19.6 Å². The largest absolute Gasteiger partial charge is 0.347 e. The first-order chi connectivity index (χ1) is 8.56. The Kier molecular flexibility index (Phi) is 6.01. The van der Waals surface area contributed by atoms with Gasteiger partial charge < -0.3 is 10.2 Å². The van der Waals surface area contributed by atoms with Gasteiger partial charge in [-0.2, -0.15) is 0 Å². The molecule has 0 aliphatic heterocycles. The van der Waals surface area contributed by atoms with Crippen LogP contribution in [0.1, 0.15) is 31.3 Å². The van der Waals surface area contributed by atoms with Crippen LogP contribution in [0.15, 0.2) is 12.4 Å². The number of halogens is 1. The van der Waals surface area contributed by atoms with E-state index in [0.29, 0.717) is 0 Å². The van der Waals surface area contributed by atoms with E-state index in [1.165, 1.54) is 12.4 Å². The summed E-state index contributed by atoms with van der Waals surface area (Å²) in [7, 11) is 0. The molecule has 1 amide bonds. The summed E-state index contributed by atoms with van der Waals surface area (Å²) in [6.45, 7) is 8.93. The Morgan fingerprint density at radius 2 is 2.06 bits per heavy atom. The summed E-state index contributed by atoms with van der Waals surface area (Å²) in [6, 6.07) is 0.0647. The molecule has 0 aliphatic rings. The fourth-order valence-electron chi connectivity index (χ4n) is 1.64. The lowest BCUT2D eigenvalue weighted by Crippen LogP contribution is -2.42. The van der Waals surface area contributed by atoms with E-state index in [0.717, 1.165) is 19.6 Å². The van der Waals surface area contributed by atoms with E-state index in [4.69, 9.17) is 11.6 Å². The zero-order chi connectivity index (χ0) is 13.5. The number of carbonyl (C=O) groups excluding carboxylic acids is 1. The van der Waals surface area contributed by atoms with Crippen LogP contribution in [-0.2, 0) is 0 Å². The molecule has 5 nitrogen and oxygen atoms in total. The highest BCUT2D eigenvalue weighted by atomic mass is 35.5. The zero-order valence-corrected chi connectivity index (χ0v) is 11.7. The van der Waals surface area contributed by atoms with Crippen molar-refractivity contribution in [2.24, 2.45) is 0 Å². The van der Waals surface area contributed by atoms with Crippen LogP contribution in [0.3, 0.4) is 0 Å². The minimum atomic E-state index is -0.223. The molecule has 1 heterocycles.